The van der Waals surface area contributed by atoms with Crippen LogP contribution in [0.25, 0.3) is 28.0 Å². The highest BCUT2D eigenvalue weighted by Crippen LogP contribution is 2.24. The zero-order chi connectivity index (χ0) is 18.3. The van der Waals surface area contributed by atoms with Gasteiger partial charge in [0.25, 0.3) is 5.56 Å². The van der Waals surface area contributed by atoms with Gasteiger partial charge in [-0.15, -0.1) is 0 Å². The summed E-state index contributed by atoms with van der Waals surface area (Å²) in [6.45, 7) is 6.05. The molecule has 3 aromatic carbocycles. The van der Waals surface area contributed by atoms with Gasteiger partial charge in [-0.25, -0.2) is 4.98 Å². The highest BCUT2D eigenvalue weighted by Gasteiger charge is 2.15. The lowest BCUT2D eigenvalue weighted by atomic mass is 10.1. The third-order valence-corrected chi connectivity index (χ3v) is 4.63. The monoisotopic (exact) mass is 340 g/mol. The summed E-state index contributed by atoms with van der Waals surface area (Å²) < 4.78 is 1.72. The van der Waals surface area contributed by atoms with Gasteiger partial charge in [-0.05, 0) is 50.1 Å². The molecule has 0 aliphatic heterocycles. The van der Waals surface area contributed by atoms with Gasteiger partial charge in [0.2, 0.25) is 0 Å². The highest BCUT2D eigenvalue weighted by molar-refractivity contribution is 5.84. The van der Waals surface area contributed by atoms with Crippen molar-refractivity contribution in [3.05, 3.63) is 93.8 Å². The number of aryl methyl sites for hydroxylation is 3. The van der Waals surface area contributed by atoms with Crippen molar-refractivity contribution in [2.75, 3.05) is 0 Å². The quantitative estimate of drug-likeness (QED) is 0.516. The summed E-state index contributed by atoms with van der Waals surface area (Å²) in [6.07, 6.45) is 0. The first-order valence-corrected chi connectivity index (χ1v) is 8.71. The maximum absolute atomic E-state index is 13.4. The molecule has 3 heteroatoms. The topological polar surface area (TPSA) is 34.9 Å². The molecule has 0 atom stereocenters. The van der Waals surface area contributed by atoms with Crippen molar-refractivity contribution in [3.8, 4) is 17.1 Å². The minimum absolute atomic E-state index is 0.0375. The average Bonchev–Trinajstić information content (AvgIpc) is 2.64. The minimum Gasteiger partial charge on any atom is -0.268 e. The van der Waals surface area contributed by atoms with E-state index in [9.17, 15) is 4.79 Å². The fourth-order valence-electron chi connectivity index (χ4n) is 3.36. The first-order valence-electron chi connectivity index (χ1n) is 8.71. The summed E-state index contributed by atoms with van der Waals surface area (Å²) in [4.78, 5) is 18.3. The van der Waals surface area contributed by atoms with Gasteiger partial charge in [0, 0.05) is 5.56 Å². The molecule has 4 aromatic rings. The summed E-state index contributed by atoms with van der Waals surface area (Å²) >= 11 is 0. The Bertz CT molecular complexity index is 1160. The van der Waals surface area contributed by atoms with Gasteiger partial charge in [-0.2, -0.15) is 0 Å². The Balaban J connectivity index is 2.15. The first-order chi connectivity index (χ1) is 12.5. The van der Waals surface area contributed by atoms with Gasteiger partial charge in [0.1, 0.15) is 5.82 Å². The van der Waals surface area contributed by atoms with E-state index in [4.69, 9.17) is 4.98 Å². The molecule has 1 heterocycles. The minimum atomic E-state index is -0.0375. The van der Waals surface area contributed by atoms with E-state index < -0.39 is 0 Å². The Kier molecular flexibility index (Phi) is 3.92. The van der Waals surface area contributed by atoms with Crippen LogP contribution in [-0.4, -0.2) is 9.55 Å². The number of rotatable bonds is 2. The largest absolute Gasteiger partial charge is 0.268 e. The molecule has 0 spiro atoms. The normalized spacial score (nSPS) is 11.0. The van der Waals surface area contributed by atoms with Crippen molar-refractivity contribution in [1.29, 1.82) is 0 Å². The maximum Gasteiger partial charge on any atom is 0.266 e. The van der Waals surface area contributed by atoms with Crippen LogP contribution in [0.3, 0.4) is 0 Å². The van der Waals surface area contributed by atoms with Gasteiger partial charge in [0.05, 0.1) is 16.6 Å². The number of hydrogen-bond donors (Lipinski definition) is 0. The van der Waals surface area contributed by atoms with E-state index in [1.165, 1.54) is 0 Å². The van der Waals surface area contributed by atoms with Gasteiger partial charge in [0.15, 0.2) is 0 Å². The van der Waals surface area contributed by atoms with Crippen LogP contribution in [0, 0.1) is 20.8 Å². The molecule has 0 radical (unpaired) electrons. The molecule has 0 amide bonds. The van der Waals surface area contributed by atoms with Gasteiger partial charge in [-0.1, -0.05) is 54.1 Å². The molecule has 0 saturated carbocycles. The Labute approximate surface area is 152 Å². The molecule has 0 fully saturated rings. The number of nitrogens with zero attached hydrogens (tertiary/aromatic N) is 2. The SMILES string of the molecule is Cc1ccc(-n2c(-c3ccccc3)nc3c(C)cc(C)cc3c2=O)cc1. The van der Waals surface area contributed by atoms with Gasteiger partial charge >= 0.3 is 0 Å². The van der Waals surface area contributed by atoms with Crippen LogP contribution in [0.1, 0.15) is 16.7 Å². The number of fused-ring (bicyclic) bond motifs is 1. The summed E-state index contributed by atoms with van der Waals surface area (Å²) in [5.74, 6) is 0.666. The summed E-state index contributed by atoms with van der Waals surface area (Å²) in [5.41, 5.74) is 5.72. The fourth-order valence-corrected chi connectivity index (χ4v) is 3.36. The number of hydrogen-bond acceptors (Lipinski definition) is 2. The highest BCUT2D eigenvalue weighted by atomic mass is 16.1. The summed E-state index contributed by atoms with van der Waals surface area (Å²) in [7, 11) is 0. The lowest BCUT2D eigenvalue weighted by Crippen LogP contribution is -2.22. The van der Waals surface area contributed by atoms with Crippen molar-refractivity contribution in [1.82, 2.24) is 9.55 Å². The van der Waals surface area contributed by atoms with Crippen LogP contribution in [0.5, 0.6) is 0 Å². The predicted octanol–water partition coefficient (Wildman–Crippen LogP) is 4.98. The third kappa shape index (κ3) is 2.72. The molecule has 3 nitrogen and oxygen atoms in total. The standard InChI is InChI=1S/C23H20N2O/c1-15-9-11-19(12-10-15)25-22(18-7-5-4-6-8-18)24-21-17(3)13-16(2)14-20(21)23(25)26/h4-14H,1-3H3. The predicted molar refractivity (Wildman–Crippen MR) is 107 cm³/mol. The second-order valence-electron chi connectivity index (χ2n) is 6.76. The van der Waals surface area contributed by atoms with Crippen LogP contribution in [0.4, 0.5) is 0 Å². The van der Waals surface area contributed by atoms with E-state index >= 15 is 0 Å². The molecule has 128 valence electrons. The number of benzene rings is 3. The lowest BCUT2D eigenvalue weighted by molar-refractivity contribution is 0.973. The van der Waals surface area contributed by atoms with Crippen molar-refractivity contribution in [2.45, 2.75) is 20.8 Å². The van der Waals surface area contributed by atoms with E-state index in [0.29, 0.717) is 11.2 Å². The van der Waals surface area contributed by atoms with E-state index in [-0.39, 0.29) is 5.56 Å². The van der Waals surface area contributed by atoms with Gasteiger partial charge < -0.3 is 0 Å². The third-order valence-electron chi connectivity index (χ3n) is 4.63. The molecule has 0 aliphatic carbocycles. The molecule has 0 bridgehead atoms. The average molecular weight is 340 g/mol. The lowest BCUT2D eigenvalue weighted by Gasteiger charge is -2.15. The van der Waals surface area contributed by atoms with Crippen LogP contribution >= 0.6 is 0 Å². The smallest absolute Gasteiger partial charge is 0.266 e. The second kappa shape index (κ2) is 6.26. The van der Waals surface area contributed by atoms with Crippen molar-refractivity contribution in [2.24, 2.45) is 0 Å². The van der Waals surface area contributed by atoms with E-state index in [1.807, 2.05) is 81.4 Å². The van der Waals surface area contributed by atoms with Crippen molar-refractivity contribution >= 4 is 10.9 Å². The molecular formula is C23H20N2O. The second-order valence-corrected chi connectivity index (χ2v) is 6.76. The van der Waals surface area contributed by atoms with Crippen molar-refractivity contribution in [3.63, 3.8) is 0 Å². The first kappa shape index (κ1) is 16.3. The molecule has 0 unspecified atom stereocenters. The van der Waals surface area contributed by atoms with E-state index in [0.717, 1.165) is 33.5 Å². The Morgan fingerprint density at radius 2 is 1.50 bits per heavy atom. The molecular weight excluding hydrogens is 320 g/mol. The number of aromatic nitrogens is 2. The van der Waals surface area contributed by atoms with E-state index in [1.54, 1.807) is 4.57 Å². The van der Waals surface area contributed by atoms with Crippen LogP contribution in [0.2, 0.25) is 0 Å². The molecule has 0 N–H and O–H groups in total. The van der Waals surface area contributed by atoms with Crippen LogP contribution in [-0.2, 0) is 0 Å². The van der Waals surface area contributed by atoms with Crippen LogP contribution in [0.15, 0.2) is 71.5 Å². The maximum atomic E-state index is 13.4. The Morgan fingerprint density at radius 1 is 0.808 bits per heavy atom. The molecule has 4 rings (SSSR count). The zero-order valence-corrected chi connectivity index (χ0v) is 15.2. The summed E-state index contributed by atoms with van der Waals surface area (Å²) in [6, 6.07) is 21.8. The van der Waals surface area contributed by atoms with Gasteiger partial charge in [-0.3, -0.25) is 9.36 Å². The molecule has 1 aromatic heterocycles. The Morgan fingerprint density at radius 3 is 2.19 bits per heavy atom. The van der Waals surface area contributed by atoms with E-state index in [2.05, 4.69) is 6.07 Å². The molecule has 0 saturated heterocycles. The summed E-state index contributed by atoms with van der Waals surface area (Å²) in [5, 5.41) is 0.655. The molecule has 0 aliphatic rings. The van der Waals surface area contributed by atoms with Crippen LogP contribution < -0.4 is 5.56 Å². The Hall–Kier alpha value is -3.20. The zero-order valence-electron chi connectivity index (χ0n) is 15.2. The molecule has 26 heavy (non-hydrogen) atoms. The fraction of sp³-hybridized carbons (Fsp3) is 0.130. The van der Waals surface area contributed by atoms with Crippen molar-refractivity contribution < 1.29 is 0 Å².